The van der Waals surface area contributed by atoms with E-state index in [0.29, 0.717) is 31.0 Å². The van der Waals surface area contributed by atoms with Crippen LogP contribution in [-0.2, 0) is 4.74 Å². The van der Waals surface area contributed by atoms with Gasteiger partial charge in [-0.15, -0.1) is 0 Å². The highest BCUT2D eigenvalue weighted by Gasteiger charge is 2.15. The van der Waals surface area contributed by atoms with Gasteiger partial charge in [-0.05, 0) is 50.5 Å². The number of para-hydroxylation sites is 1. The minimum atomic E-state index is 0.00478. The molecule has 0 unspecified atom stereocenters. The molecular weight excluding hydrogens is 316 g/mol. The summed E-state index contributed by atoms with van der Waals surface area (Å²) in [4.78, 5) is 16.6. The second-order valence-electron chi connectivity index (χ2n) is 6.03. The molecule has 0 aliphatic carbocycles. The summed E-state index contributed by atoms with van der Waals surface area (Å²) in [5, 5.41) is 0. The van der Waals surface area contributed by atoms with Crippen LogP contribution in [0.15, 0.2) is 54.6 Å². The number of benzene rings is 2. The fourth-order valence-electron chi connectivity index (χ4n) is 2.31. The topological polar surface area (TPSA) is 42.0 Å². The number of hydrogen-bond donors (Lipinski definition) is 0. The van der Waals surface area contributed by atoms with E-state index in [0.717, 1.165) is 12.3 Å². The summed E-state index contributed by atoms with van der Waals surface area (Å²) in [6, 6.07) is 16.8. The lowest BCUT2D eigenvalue weighted by atomic mass is 10.2. The molecule has 25 heavy (non-hydrogen) atoms. The van der Waals surface area contributed by atoms with Crippen LogP contribution in [-0.4, -0.2) is 63.2 Å². The van der Waals surface area contributed by atoms with Gasteiger partial charge in [0.05, 0.1) is 6.61 Å². The number of amides is 1. The second kappa shape index (κ2) is 9.81. The van der Waals surface area contributed by atoms with Crippen LogP contribution in [0.4, 0.5) is 0 Å². The molecule has 0 saturated heterocycles. The zero-order valence-electron chi connectivity index (χ0n) is 15.1. The van der Waals surface area contributed by atoms with Crippen molar-refractivity contribution in [2.45, 2.75) is 0 Å². The lowest BCUT2D eigenvalue weighted by Crippen LogP contribution is -2.38. The molecule has 0 fully saturated rings. The predicted molar refractivity (Wildman–Crippen MR) is 99.3 cm³/mol. The first-order chi connectivity index (χ1) is 12.1. The van der Waals surface area contributed by atoms with Gasteiger partial charge in [-0.25, -0.2) is 0 Å². The van der Waals surface area contributed by atoms with Crippen molar-refractivity contribution in [2.24, 2.45) is 0 Å². The van der Waals surface area contributed by atoms with Gasteiger partial charge < -0.3 is 19.3 Å². The maximum Gasteiger partial charge on any atom is 0.253 e. The zero-order valence-corrected chi connectivity index (χ0v) is 15.1. The molecule has 5 nitrogen and oxygen atoms in total. The third-order valence-corrected chi connectivity index (χ3v) is 3.75. The van der Waals surface area contributed by atoms with E-state index in [9.17, 15) is 4.79 Å². The third kappa shape index (κ3) is 6.21. The van der Waals surface area contributed by atoms with Crippen molar-refractivity contribution in [1.82, 2.24) is 9.80 Å². The molecule has 0 spiro atoms. The maximum absolute atomic E-state index is 12.7. The Morgan fingerprint density at radius 1 is 0.880 bits per heavy atom. The molecule has 2 aromatic rings. The van der Waals surface area contributed by atoms with Crippen LogP contribution in [0.25, 0.3) is 0 Å². The normalized spacial score (nSPS) is 10.7. The van der Waals surface area contributed by atoms with Gasteiger partial charge in [-0.1, -0.05) is 18.2 Å². The van der Waals surface area contributed by atoms with E-state index >= 15 is 0 Å². The van der Waals surface area contributed by atoms with Crippen LogP contribution in [0.1, 0.15) is 10.4 Å². The molecule has 0 bridgehead atoms. The highest BCUT2D eigenvalue weighted by Crippen LogP contribution is 2.21. The molecule has 0 aliphatic rings. The van der Waals surface area contributed by atoms with E-state index in [1.54, 1.807) is 19.2 Å². The van der Waals surface area contributed by atoms with Crippen molar-refractivity contribution >= 4 is 5.91 Å². The van der Waals surface area contributed by atoms with Gasteiger partial charge in [-0.2, -0.15) is 0 Å². The lowest BCUT2D eigenvalue weighted by molar-refractivity contribution is 0.0683. The first-order valence-electron chi connectivity index (χ1n) is 8.36. The van der Waals surface area contributed by atoms with Gasteiger partial charge in [0.15, 0.2) is 0 Å². The summed E-state index contributed by atoms with van der Waals surface area (Å²) >= 11 is 0. The van der Waals surface area contributed by atoms with Crippen molar-refractivity contribution in [1.29, 1.82) is 0 Å². The van der Waals surface area contributed by atoms with Gasteiger partial charge in [0, 0.05) is 32.3 Å². The number of hydrogen-bond acceptors (Lipinski definition) is 4. The monoisotopic (exact) mass is 342 g/mol. The number of methoxy groups -OCH3 is 1. The predicted octanol–water partition coefficient (Wildman–Crippen LogP) is 3.13. The Hall–Kier alpha value is -2.37. The van der Waals surface area contributed by atoms with Crippen LogP contribution in [0.5, 0.6) is 11.5 Å². The first kappa shape index (κ1) is 19.0. The fourth-order valence-corrected chi connectivity index (χ4v) is 2.31. The Balaban J connectivity index is 2.03. The standard InChI is InChI=1S/C20H26N2O3/c1-21(2)13-14-22(15-16-24-3)20(23)17-9-11-19(12-10-17)25-18-7-5-4-6-8-18/h4-12H,13-16H2,1-3H3. The second-order valence-corrected chi connectivity index (χ2v) is 6.03. The third-order valence-electron chi connectivity index (χ3n) is 3.75. The number of carbonyl (C=O) groups excluding carboxylic acids is 1. The number of rotatable bonds is 9. The molecule has 0 aromatic heterocycles. The first-order valence-corrected chi connectivity index (χ1v) is 8.36. The van der Waals surface area contributed by atoms with E-state index in [4.69, 9.17) is 9.47 Å². The van der Waals surface area contributed by atoms with Crippen LogP contribution < -0.4 is 4.74 Å². The Morgan fingerprint density at radius 3 is 2.12 bits per heavy atom. The maximum atomic E-state index is 12.7. The molecule has 0 saturated carbocycles. The van der Waals surface area contributed by atoms with Crippen LogP contribution in [0, 0.1) is 0 Å². The van der Waals surface area contributed by atoms with Gasteiger partial charge >= 0.3 is 0 Å². The SMILES string of the molecule is COCCN(CCN(C)C)C(=O)c1ccc(Oc2ccccc2)cc1. The van der Waals surface area contributed by atoms with Gasteiger partial charge in [-0.3, -0.25) is 4.79 Å². The molecule has 5 heteroatoms. The van der Waals surface area contributed by atoms with Gasteiger partial charge in [0.25, 0.3) is 5.91 Å². The summed E-state index contributed by atoms with van der Waals surface area (Å²) in [6.45, 7) is 2.57. The molecule has 134 valence electrons. The minimum absolute atomic E-state index is 0.00478. The fraction of sp³-hybridized carbons (Fsp3) is 0.350. The molecule has 0 N–H and O–H groups in total. The average molecular weight is 342 g/mol. The molecule has 0 radical (unpaired) electrons. The summed E-state index contributed by atoms with van der Waals surface area (Å²) in [5.41, 5.74) is 0.648. The van der Waals surface area contributed by atoms with E-state index in [2.05, 4.69) is 4.90 Å². The van der Waals surface area contributed by atoms with Crippen molar-refractivity contribution in [2.75, 3.05) is 47.4 Å². The Morgan fingerprint density at radius 2 is 1.52 bits per heavy atom. The van der Waals surface area contributed by atoms with E-state index in [-0.39, 0.29) is 5.91 Å². The summed E-state index contributed by atoms with van der Waals surface area (Å²) < 4.78 is 10.9. The number of carbonyl (C=O) groups is 1. The molecule has 1 amide bonds. The number of likely N-dealkylation sites (N-methyl/N-ethyl adjacent to an activating group) is 1. The van der Waals surface area contributed by atoms with E-state index in [1.165, 1.54) is 0 Å². The largest absolute Gasteiger partial charge is 0.457 e. The molecule has 0 aliphatic heterocycles. The Bertz CT molecular complexity index is 642. The van der Waals surface area contributed by atoms with Crippen molar-refractivity contribution < 1.29 is 14.3 Å². The highest BCUT2D eigenvalue weighted by atomic mass is 16.5. The Kier molecular flexibility index (Phi) is 7.44. The molecule has 2 aromatic carbocycles. The zero-order chi connectivity index (χ0) is 18.1. The van der Waals surface area contributed by atoms with Crippen LogP contribution >= 0.6 is 0 Å². The van der Waals surface area contributed by atoms with E-state index < -0.39 is 0 Å². The number of ether oxygens (including phenoxy) is 2. The summed E-state index contributed by atoms with van der Waals surface area (Å²) in [5.74, 6) is 1.49. The average Bonchev–Trinajstić information content (AvgIpc) is 2.62. The molecule has 2 rings (SSSR count). The van der Waals surface area contributed by atoms with Crippen molar-refractivity contribution in [3.63, 3.8) is 0 Å². The quantitative estimate of drug-likeness (QED) is 0.702. The summed E-state index contributed by atoms with van der Waals surface area (Å²) in [7, 11) is 5.63. The molecule has 0 heterocycles. The molecular formula is C20H26N2O3. The van der Waals surface area contributed by atoms with Crippen LogP contribution in [0.3, 0.4) is 0 Å². The molecule has 0 atom stereocenters. The van der Waals surface area contributed by atoms with Gasteiger partial charge in [0.2, 0.25) is 0 Å². The summed E-state index contributed by atoms with van der Waals surface area (Å²) in [6.07, 6.45) is 0. The van der Waals surface area contributed by atoms with Gasteiger partial charge in [0.1, 0.15) is 11.5 Å². The lowest BCUT2D eigenvalue weighted by Gasteiger charge is -2.24. The van der Waals surface area contributed by atoms with Crippen molar-refractivity contribution in [3.05, 3.63) is 60.2 Å². The Labute approximate surface area is 149 Å². The number of nitrogens with zero attached hydrogens (tertiary/aromatic N) is 2. The van der Waals surface area contributed by atoms with E-state index in [1.807, 2.05) is 61.5 Å². The minimum Gasteiger partial charge on any atom is -0.457 e. The highest BCUT2D eigenvalue weighted by molar-refractivity contribution is 5.94. The van der Waals surface area contributed by atoms with Crippen molar-refractivity contribution in [3.8, 4) is 11.5 Å². The smallest absolute Gasteiger partial charge is 0.253 e. The van der Waals surface area contributed by atoms with Crippen LogP contribution in [0.2, 0.25) is 0 Å².